The first-order valence-corrected chi connectivity index (χ1v) is 4.86. The molecule has 1 aromatic heterocycles. The Morgan fingerprint density at radius 2 is 2.00 bits per heavy atom. The molecule has 0 unspecified atom stereocenters. The van der Waals surface area contributed by atoms with Gasteiger partial charge in [-0.25, -0.2) is 4.98 Å². The maximum atomic E-state index is 11.2. The van der Waals surface area contributed by atoms with E-state index in [2.05, 4.69) is 9.97 Å². The van der Waals surface area contributed by atoms with Crippen LogP contribution in [0.3, 0.4) is 0 Å². The number of benzene rings is 1. The Morgan fingerprint density at radius 3 is 2.62 bits per heavy atom. The highest BCUT2D eigenvalue weighted by molar-refractivity contribution is 6.33. The maximum absolute atomic E-state index is 11.2. The lowest BCUT2D eigenvalue weighted by Gasteiger charge is -2.03. The molecule has 0 spiro atoms. The highest BCUT2D eigenvalue weighted by atomic mass is 35.5. The molecule has 0 aliphatic heterocycles. The average molecular weight is 237 g/mol. The summed E-state index contributed by atoms with van der Waals surface area (Å²) >= 11 is 5.79. The quantitative estimate of drug-likeness (QED) is 0.649. The summed E-state index contributed by atoms with van der Waals surface area (Å²) in [5.41, 5.74) is 11.9. The maximum Gasteiger partial charge on any atom is 0.253 e. The Labute approximate surface area is 96.1 Å². The molecule has 1 heterocycles. The van der Waals surface area contributed by atoms with Gasteiger partial charge in [-0.2, -0.15) is 0 Å². The van der Waals surface area contributed by atoms with E-state index in [1.54, 1.807) is 18.2 Å². The zero-order valence-corrected chi connectivity index (χ0v) is 8.95. The van der Waals surface area contributed by atoms with Gasteiger partial charge in [0.2, 0.25) is 0 Å². The summed E-state index contributed by atoms with van der Waals surface area (Å²) in [5, 5.41) is 0.454. The summed E-state index contributed by atoms with van der Waals surface area (Å²) in [6, 6.07) is 6.18. The largest absolute Gasteiger partial charge is 0.398 e. The smallest absolute Gasteiger partial charge is 0.253 e. The Hall–Kier alpha value is -2.01. The first kappa shape index (κ1) is 10.5. The van der Waals surface area contributed by atoms with Crippen molar-refractivity contribution in [3.8, 4) is 11.4 Å². The van der Waals surface area contributed by atoms with Crippen molar-refractivity contribution in [2.75, 3.05) is 11.5 Å². The van der Waals surface area contributed by atoms with Gasteiger partial charge < -0.3 is 16.5 Å². The standard InChI is InChI=1S/C10H9ClN4O/c11-6-2-1-5(3-7(6)12)10-14-8(13)4-9(16)15-10/h1-4H,12H2,(H3,13,14,15,16). The van der Waals surface area contributed by atoms with Gasteiger partial charge in [0.15, 0.2) is 0 Å². The number of H-pyrrole nitrogens is 1. The van der Waals surface area contributed by atoms with E-state index >= 15 is 0 Å². The minimum absolute atomic E-state index is 0.160. The summed E-state index contributed by atoms with van der Waals surface area (Å²) in [4.78, 5) is 17.8. The van der Waals surface area contributed by atoms with Gasteiger partial charge >= 0.3 is 0 Å². The molecular weight excluding hydrogens is 228 g/mol. The van der Waals surface area contributed by atoms with Crippen LogP contribution in [0.25, 0.3) is 11.4 Å². The SMILES string of the molecule is Nc1cc(=O)[nH]c(-c2ccc(Cl)c(N)c2)n1. The van der Waals surface area contributed by atoms with Gasteiger partial charge in [0.1, 0.15) is 11.6 Å². The van der Waals surface area contributed by atoms with Crippen LogP contribution in [-0.4, -0.2) is 9.97 Å². The number of nitrogens with zero attached hydrogens (tertiary/aromatic N) is 1. The van der Waals surface area contributed by atoms with Crippen LogP contribution in [0.2, 0.25) is 5.02 Å². The van der Waals surface area contributed by atoms with Gasteiger partial charge in [0.25, 0.3) is 5.56 Å². The van der Waals surface area contributed by atoms with Crippen molar-refractivity contribution in [3.63, 3.8) is 0 Å². The number of aromatic nitrogens is 2. The van der Waals surface area contributed by atoms with Crippen molar-refractivity contribution >= 4 is 23.1 Å². The Kier molecular flexibility index (Phi) is 2.54. The number of nitrogen functional groups attached to an aromatic ring is 2. The van der Waals surface area contributed by atoms with Crippen molar-refractivity contribution in [1.82, 2.24) is 9.97 Å². The van der Waals surface area contributed by atoms with Crippen LogP contribution in [0, 0.1) is 0 Å². The molecule has 0 saturated carbocycles. The van der Waals surface area contributed by atoms with Crippen molar-refractivity contribution in [2.24, 2.45) is 0 Å². The molecular formula is C10H9ClN4O. The van der Waals surface area contributed by atoms with Crippen LogP contribution in [-0.2, 0) is 0 Å². The molecule has 0 aliphatic carbocycles. The summed E-state index contributed by atoms with van der Waals surface area (Å²) in [7, 11) is 0. The summed E-state index contributed by atoms with van der Waals surface area (Å²) in [6.45, 7) is 0. The van der Waals surface area contributed by atoms with Crippen LogP contribution >= 0.6 is 11.6 Å². The molecule has 2 aromatic rings. The predicted octanol–water partition coefficient (Wildman–Crippen LogP) is 1.25. The third-order valence-electron chi connectivity index (χ3n) is 2.03. The summed E-state index contributed by atoms with van der Waals surface area (Å²) in [5.74, 6) is 0.528. The van der Waals surface area contributed by atoms with E-state index in [1.165, 1.54) is 6.07 Å². The third kappa shape index (κ3) is 1.99. The number of aromatic amines is 1. The molecule has 1 aromatic carbocycles. The van der Waals surface area contributed by atoms with Crippen molar-refractivity contribution in [2.45, 2.75) is 0 Å². The van der Waals surface area contributed by atoms with Crippen molar-refractivity contribution < 1.29 is 0 Å². The van der Waals surface area contributed by atoms with E-state index < -0.39 is 0 Å². The van der Waals surface area contributed by atoms with Crippen molar-refractivity contribution in [1.29, 1.82) is 0 Å². The second-order valence-electron chi connectivity index (χ2n) is 3.26. The van der Waals surface area contributed by atoms with E-state index in [0.29, 0.717) is 22.1 Å². The molecule has 16 heavy (non-hydrogen) atoms. The lowest BCUT2D eigenvalue weighted by Crippen LogP contribution is -2.09. The predicted molar refractivity (Wildman–Crippen MR) is 64.1 cm³/mol. The van der Waals surface area contributed by atoms with E-state index in [0.717, 1.165) is 0 Å². The van der Waals surface area contributed by atoms with Crippen LogP contribution < -0.4 is 17.0 Å². The van der Waals surface area contributed by atoms with Gasteiger partial charge in [-0.3, -0.25) is 4.79 Å². The van der Waals surface area contributed by atoms with E-state index in [9.17, 15) is 4.79 Å². The lowest BCUT2D eigenvalue weighted by molar-refractivity contribution is 1.14. The van der Waals surface area contributed by atoms with Crippen molar-refractivity contribution in [3.05, 3.63) is 39.6 Å². The Morgan fingerprint density at radius 1 is 1.25 bits per heavy atom. The molecule has 82 valence electrons. The fourth-order valence-corrected chi connectivity index (χ4v) is 1.42. The Balaban J connectivity index is 2.58. The van der Waals surface area contributed by atoms with E-state index in [4.69, 9.17) is 23.1 Å². The number of anilines is 2. The molecule has 0 atom stereocenters. The van der Waals surface area contributed by atoms with E-state index in [1.807, 2.05) is 0 Å². The topological polar surface area (TPSA) is 97.8 Å². The molecule has 0 bridgehead atoms. The zero-order valence-electron chi connectivity index (χ0n) is 8.20. The number of rotatable bonds is 1. The Bertz CT molecular complexity index is 594. The fraction of sp³-hybridized carbons (Fsp3) is 0. The molecule has 0 amide bonds. The number of hydrogen-bond acceptors (Lipinski definition) is 4. The first-order valence-electron chi connectivity index (χ1n) is 4.48. The first-order chi connectivity index (χ1) is 7.56. The van der Waals surface area contributed by atoms with E-state index in [-0.39, 0.29) is 11.4 Å². The van der Waals surface area contributed by atoms with Gasteiger partial charge in [0.05, 0.1) is 10.7 Å². The third-order valence-corrected chi connectivity index (χ3v) is 2.38. The molecule has 5 N–H and O–H groups in total. The van der Waals surface area contributed by atoms with Gasteiger partial charge in [-0.1, -0.05) is 11.6 Å². The van der Waals surface area contributed by atoms with Crippen LogP contribution in [0.15, 0.2) is 29.1 Å². The molecule has 5 nitrogen and oxygen atoms in total. The highest BCUT2D eigenvalue weighted by Crippen LogP contribution is 2.24. The minimum atomic E-state index is -0.309. The number of nitrogens with two attached hydrogens (primary N) is 2. The second-order valence-corrected chi connectivity index (χ2v) is 3.66. The zero-order chi connectivity index (χ0) is 11.7. The van der Waals surface area contributed by atoms with Crippen LogP contribution in [0.1, 0.15) is 0 Å². The molecule has 6 heteroatoms. The minimum Gasteiger partial charge on any atom is -0.398 e. The molecule has 0 fully saturated rings. The van der Waals surface area contributed by atoms with Crippen LogP contribution in [0.4, 0.5) is 11.5 Å². The van der Waals surface area contributed by atoms with Crippen LogP contribution in [0.5, 0.6) is 0 Å². The monoisotopic (exact) mass is 236 g/mol. The fourth-order valence-electron chi connectivity index (χ4n) is 1.30. The lowest BCUT2D eigenvalue weighted by atomic mass is 10.2. The van der Waals surface area contributed by atoms with Gasteiger partial charge in [-0.15, -0.1) is 0 Å². The molecule has 2 rings (SSSR count). The normalized spacial score (nSPS) is 10.3. The molecule has 0 radical (unpaired) electrons. The number of nitrogens with one attached hydrogen (secondary N) is 1. The summed E-state index contributed by atoms with van der Waals surface area (Å²) < 4.78 is 0. The molecule has 0 saturated heterocycles. The van der Waals surface area contributed by atoms with Gasteiger partial charge in [0, 0.05) is 11.6 Å². The number of hydrogen-bond donors (Lipinski definition) is 3. The second kappa shape index (κ2) is 3.86. The average Bonchev–Trinajstić information content (AvgIpc) is 2.20. The van der Waals surface area contributed by atoms with Gasteiger partial charge in [-0.05, 0) is 18.2 Å². The number of halogens is 1. The summed E-state index contributed by atoms with van der Waals surface area (Å²) in [6.07, 6.45) is 0. The molecule has 0 aliphatic rings. The highest BCUT2D eigenvalue weighted by Gasteiger charge is 2.04.